The normalized spacial score (nSPS) is 34.5. The van der Waals surface area contributed by atoms with E-state index in [1.165, 1.54) is 19.4 Å². The van der Waals surface area contributed by atoms with Gasteiger partial charge in [0, 0.05) is 44.6 Å². The summed E-state index contributed by atoms with van der Waals surface area (Å²) in [4.78, 5) is 17.5. The maximum atomic E-state index is 12.7. The highest BCUT2D eigenvalue weighted by atomic mass is 32.2. The van der Waals surface area contributed by atoms with Crippen LogP contribution < -0.4 is 0 Å². The molecular formula is C17H28N2O2S. The number of carbonyl (C=O) groups excluding carboxylic acids is 1. The molecule has 4 nitrogen and oxygen atoms in total. The van der Waals surface area contributed by atoms with E-state index in [-0.39, 0.29) is 12.0 Å². The Morgan fingerprint density at radius 3 is 2.68 bits per heavy atom. The largest absolute Gasteiger partial charge is 0.375 e. The Labute approximate surface area is 137 Å². The number of ether oxygens (including phenoxy) is 1. The van der Waals surface area contributed by atoms with Crippen LogP contribution in [0.15, 0.2) is 0 Å². The Balaban J connectivity index is 1.34. The lowest BCUT2D eigenvalue weighted by Crippen LogP contribution is -2.38. The van der Waals surface area contributed by atoms with E-state index in [1.54, 1.807) is 0 Å². The molecule has 2 atom stereocenters. The molecule has 1 amide bonds. The first-order chi connectivity index (χ1) is 10.8. The zero-order valence-corrected chi connectivity index (χ0v) is 14.2. The van der Waals surface area contributed by atoms with Crippen molar-refractivity contribution in [2.24, 2.45) is 17.8 Å². The number of hydrogen-bond donors (Lipinski definition) is 0. The van der Waals surface area contributed by atoms with Crippen LogP contribution in [-0.4, -0.2) is 72.6 Å². The van der Waals surface area contributed by atoms with Crippen molar-refractivity contribution in [2.45, 2.75) is 31.8 Å². The summed E-state index contributed by atoms with van der Waals surface area (Å²) in [7, 11) is 0. The third-order valence-electron chi connectivity index (χ3n) is 5.71. The number of hydrogen-bond acceptors (Lipinski definition) is 4. The molecule has 0 aromatic heterocycles. The summed E-state index contributed by atoms with van der Waals surface area (Å²) >= 11 is 1.99. The van der Waals surface area contributed by atoms with E-state index in [2.05, 4.69) is 9.80 Å². The van der Waals surface area contributed by atoms with E-state index >= 15 is 0 Å². The third-order valence-corrected chi connectivity index (χ3v) is 6.76. The summed E-state index contributed by atoms with van der Waals surface area (Å²) in [5.74, 6) is 4.47. The monoisotopic (exact) mass is 324 g/mol. The summed E-state index contributed by atoms with van der Waals surface area (Å²) in [6.07, 6.45) is 5.26. The molecule has 1 saturated carbocycles. The highest BCUT2D eigenvalue weighted by Crippen LogP contribution is 2.32. The Morgan fingerprint density at radius 1 is 1.09 bits per heavy atom. The Hall–Kier alpha value is -0.260. The molecule has 4 rings (SSSR count). The summed E-state index contributed by atoms with van der Waals surface area (Å²) in [6, 6.07) is 0. The number of amides is 1. The predicted octanol–water partition coefficient (Wildman–Crippen LogP) is 1.70. The molecule has 124 valence electrons. The highest BCUT2D eigenvalue weighted by molar-refractivity contribution is 7.99. The van der Waals surface area contributed by atoms with Gasteiger partial charge in [-0.1, -0.05) is 0 Å². The van der Waals surface area contributed by atoms with Crippen molar-refractivity contribution in [3.8, 4) is 0 Å². The first-order valence-corrected chi connectivity index (χ1v) is 10.2. The molecule has 4 fully saturated rings. The van der Waals surface area contributed by atoms with Crippen molar-refractivity contribution >= 4 is 17.7 Å². The fourth-order valence-electron chi connectivity index (χ4n) is 4.18. The van der Waals surface area contributed by atoms with Crippen LogP contribution in [0.3, 0.4) is 0 Å². The van der Waals surface area contributed by atoms with Crippen LogP contribution in [-0.2, 0) is 9.53 Å². The quantitative estimate of drug-likeness (QED) is 0.791. The molecule has 1 aliphatic carbocycles. The van der Waals surface area contributed by atoms with Crippen molar-refractivity contribution in [3.63, 3.8) is 0 Å². The maximum Gasteiger partial charge on any atom is 0.225 e. The minimum absolute atomic E-state index is 0.283. The molecule has 4 aliphatic rings. The van der Waals surface area contributed by atoms with Crippen molar-refractivity contribution in [3.05, 3.63) is 0 Å². The maximum absolute atomic E-state index is 12.7. The van der Waals surface area contributed by atoms with Gasteiger partial charge < -0.3 is 14.5 Å². The van der Waals surface area contributed by atoms with E-state index in [1.807, 2.05) is 11.8 Å². The predicted molar refractivity (Wildman–Crippen MR) is 89.0 cm³/mol. The molecule has 3 aliphatic heterocycles. The van der Waals surface area contributed by atoms with Crippen LogP contribution in [0.5, 0.6) is 0 Å². The van der Waals surface area contributed by atoms with Crippen LogP contribution in [0.2, 0.25) is 0 Å². The second kappa shape index (κ2) is 6.70. The summed E-state index contributed by atoms with van der Waals surface area (Å²) < 4.78 is 6.09. The van der Waals surface area contributed by atoms with Crippen LogP contribution in [0.25, 0.3) is 0 Å². The molecule has 0 bridgehead atoms. The zero-order chi connectivity index (χ0) is 14.9. The van der Waals surface area contributed by atoms with Gasteiger partial charge in [-0.15, -0.1) is 0 Å². The molecule has 0 aromatic rings. The number of nitrogens with zero attached hydrogens (tertiary/aromatic N) is 2. The minimum Gasteiger partial charge on any atom is -0.375 e. The Bertz CT molecular complexity index is 409. The van der Waals surface area contributed by atoms with Gasteiger partial charge in [-0.3, -0.25) is 4.79 Å². The molecule has 0 spiro atoms. The second-order valence-corrected chi connectivity index (χ2v) is 8.73. The van der Waals surface area contributed by atoms with Crippen molar-refractivity contribution in [2.75, 3.05) is 50.8 Å². The molecule has 0 unspecified atom stereocenters. The number of fused-ring (bicyclic) bond motifs is 1. The average molecular weight is 324 g/mol. The average Bonchev–Trinajstić information content (AvgIpc) is 3.31. The molecule has 22 heavy (non-hydrogen) atoms. The SMILES string of the molecule is O=C(C1CCSCC1)N1C[C@@H]2CN(CC3CC3)CCO[C@@H]2C1. The van der Waals surface area contributed by atoms with Gasteiger partial charge in [-0.2, -0.15) is 11.8 Å². The van der Waals surface area contributed by atoms with Crippen molar-refractivity contribution in [1.82, 2.24) is 9.80 Å². The third kappa shape index (κ3) is 3.46. The summed E-state index contributed by atoms with van der Waals surface area (Å²) in [6.45, 7) is 6.07. The summed E-state index contributed by atoms with van der Waals surface area (Å²) in [5, 5.41) is 0. The first-order valence-electron chi connectivity index (χ1n) is 9.00. The van der Waals surface area contributed by atoms with E-state index in [0.29, 0.717) is 11.8 Å². The number of rotatable bonds is 3. The van der Waals surface area contributed by atoms with Gasteiger partial charge in [-0.05, 0) is 43.1 Å². The molecule has 3 heterocycles. The molecule has 5 heteroatoms. The van der Waals surface area contributed by atoms with E-state index in [9.17, 15) is 4.79 Å². The lowest BCUT2D eigenvalue weighted by atomic mass is 10.0. The first kappa shape index (κ1) is 15.3. The van der Waals surface area contributed by atoms with Gasteiger partial charge in [-0.25, -0.2) is 0 Å². The number of carbonyl (C=O) groups is 1. The molecule has 0 aromatic carbocycles. The van der Waals surface area contributed by atoms with E-state index < -0.39 is 0 Å². The van der Waals surface area contributed by atoms with Crippen LogP contribution in [0.1, 0.15) is 25.7 Å². The summed E-state index contributed by atoms with van der Waals surface area (Å²) in [5.41, 5.74) is 0. The van der Waals surface area contributed by atoms with Gasteiger partial charge in [0.05, 0.1) is 12.7 Å². The van der Waals surface area contributed by atoms with Crippen LogP contribution in [0.4, 0.5) is 0 Å². The molecule has 0 N–H and O–H groups in total. The molecule has 0 radical (unpaired) electrons. The van der Waals surface area contributed by atoms with Crippen molar-refractivity contribution < 1.29 is 9.53 Å². The Morgan fingerprint density at radius 2 is 1.91 bits per heavy atom. The van der Waals surface area contributed by atoms with E-state index in [4.69, 9.17) is 4.74 Å². The second-order valence-electron chi connectivity index (χ2n) is 7.50. The lowest BCUT2D eigenvalue weighted by molar-refractivity contribution is -0.135. The fraction of sp³-hybridized carbons (Fsp3) is 0.941. The highest BCUT2D eigenvalue weighted by Gasteiger charge is 2.40. The smallest absolute Gasteiger partial charge is 0.225 e. The van der Waals surface area contributed by atoms with Crippen LogP contribution in [0, 0.1) is 17.8 Å². The van der Waals surface area contributed by atoms with Crippen molar-refractivity contribution in [1.29, 1.82) is 0 Å². The minimum atomic E-state index is 0.283. The fourth-order valence-corrected chi connectivity index (χ4v) is 5.28. The van der Waals surface area contributed by atoms with Gasteiger partial charge in [0.25, 0.3) is 0 Å². The van der Waals surface area contributed by atoms with Crippen LogP contribution >= 0.6 is 11.8 Å². The zero-order valence-electron chi connectivity index (χ0n) is 13.4. The van der Waals surface area contributed by atoms with Gasteiger partial charge >= 0.3 is 0 Å². The topological polar surface area (TPSA) is 32.8 Å². The number of thioether (sulfide) groups is 1. The Kier molecular flexibility index (Phi) is 4.65. The van der Waals surface area contributed by atoms with E-state index in [0.717, 1.165) is 63.1 Å². The standard InChI is InChI=1S/C17H28N2O2S/c20-17(14-3-7-22-8-4-14)19-11-15-10-18(9-13-1-2-13)5-6-21-16(15)12-19/h13-16H,1-12H2/t15-,16+/m0/s1. The number of likely N-dealkylation sites (tertiary alicyclic amines) is 1. The van der Waals surface area contributed by atoms with Gasteiger partial charge in [0.1, 0.15) is 0 Å². The lowest BCUT2D eigenvalue weighted by Gasteiger charge is -2.27. The molecule has 3 saturated heterocycles. The molecular weight excluding hydrogens is 296 g/mol. The van der Waals surface area contributed by atoms with Gasteiger partial charge in [0.2, 0.25) is 5.91 Å². The van der Waals surface area contributed by atoms with Gasteiger partial charge in [0.15, 0.2) is 0 Å².